The van der Waals surface area contributed by atoms with Crippen LogP contribution in [0.3, 0.4) is 0 Å². The average Bonchev–Trinajstić information content (AvgIpc) is 2.70. The van der Waals surface area contributed by atoms with Crippen molar-refractivity contribution in [2.45, 2.75) is 52.5 Å². The lowest BCUT2D eigenvalue weighted by molar-refractivity contribution is 0.362. The van der Waals surface area contributed by atoms with Gasteiger partial charge in [0.05, 0.1) is 11.2 Å². The van der Waals surface area contributed by atoms with Gasteiger partial charge >= 0.3 is 0 Å². The van der Waals surface area contributed by atoms with Gasteiger partial charge in [0, 0.05) is 11.6 Å². The molecule has 0 aliphatic carbocycles. The smallest absolute Gasteiger partial charge is 0.122 e. The number of benzene rings is 1. The molecular weight excluding hydrogens is 246 g/mol. The largest absolute Gasteiger partial charge is 0.384 e. The van der Waals surface area contributed by atoms with Crippen molar-refractivity contribution in [3.8, 4) is 11.3 Å². The van der Waals surface area contributed by atoms with Gasteiger partial charge in [-0.2, -0.15) is 5.10 Å². The lowest BCUT2D eigenvalue weighted by Crippen LogP contribution is -2.24. The van der Waals surface area contributed by atoms with E-state index in [0.717, 1.165) is 11.3 Å². The highest BCUT2D eigenvalue weighted by Crippen LogP contribution is 2.28. The molecule has 0 saturated heterocycles. The Kier molecular flexibility index (Phi) is 3.41. The van der Waals surface area contributed by atoms with Crippen LogP contribution in [0.25, 0.3) is 11.3 Å². The van der Waals surface area contributed by atoms with E-state index in [4.69, 9.17) is 5.73 Å². The molecule has 1 heterocycles. The molecule has 0 aliphatic rings. The van der Waals surface area contributed by atoms with Crippen LogP contribution in [0.2, 0.25) is 0 Å². The fourth-order valence-electron chi connectivity index (χ4n) is 2.21. The summed E-state index contributed by atoms with van der Waals surface area (Å²) < 4.78 is 1.88. The first-order chi connectivity index (χ1) is 9.09. The number of nitrogen functional groups attached to an aromatic ring is 1. The zero-order chi connectivity index (χ0) is 15.1. The minimum absolute atomic E-state index is 0.103. The van der Waals surface area contributed by atoms with Crippen molar-refractivity contribution in [3.63, 3.8) is 0 Å². The van der Waals surface area contributed by atoms with Crippen LogP contribution in [-0.4, -0.2) is 9.78 Å². The summed E-state index contributed by atoms with van der Waals surface area (Å²) in [5.41, 5.74) is 9.49. The molecule has 2 rings (SSSR count). The number of rotatable bonds is 1. The Morgan fingerprint density at radius 2 is 1.50 bits per heavy atom. The average molecular weight is 271 g/mol. The van der Waals surface area contributed by atoms with E-state index in [1.54, 1.807) is 0 Å². The highest BCUT2D eigenvalue weighted by atomic mass is 15.3. The molecule has 0 aliphatic heterocycles. The maximum absolute atomic E-state index is 6.06. The molecule has 0 saturated carbocycles. The third-order valence-corrected chi connectivity index (χ3v) is 3.42. The van der Waals surface area contributed by atoms with Crippen molar-refractivity contribution in [3.05, 3.63) is 35.9 Å². The summed E-state index contributed by atoms with van der Waals surface area (Å²) in [6.07, 6.45) is 0. The summed E-state index contributed by atoms with van der Waals surface area (Å²) in [6.45, 7) is 12.9. The van der Waals surface area contributed by atoms with E-state index in [2.05, 4.69) is 70.9 Å². The highest BCUT2D eigenvalue weighted by molar-refractivity contribution is 5.63. The molecule has 1 aromatic carbocycles. The summed E-state index contributed by atoms with van der Waals surface area (Å²) in [6, 6.07) is 10.5. The Balaban J connectivity index is 2.38. The van der Waals surface area contributed by atoms with Crippen LogP contribution in [0.1, 0.15) is 47.1 Å². The molecule has 108 valence electrons. The third kappa shape index (κ3) is 2.87. The Morgan fingerprint density at radius 1 is 0.950 bits per heavy atom. The van der Waals surface area contributed by atoms with Crippen molar-refractivity contribution >= 4 is 5.82 Å². The molecule has 20 heavy (non-hydrogen) atoms. The molecule has 0 bridgehead atoms. The van der Waals surface area contributed by atoms with Crippen LogP contribution in [-0.2, 0) is 11.0 Å². The minimum Gasteiger partial charge on any atom is -0.384 e. The normalized spacial score (nSPS) is 12.7. The quantitative estimate of drug-likeness (QED) is 0.845. The molecule has 3 heteroatoms. The summed E-state index contributed by atoms with van der Waals surface area (Å²) in [4.78, 5) is 0. The zero-order valence-corrected chi connectivity index (χ0v) is 13.4. The number of anilines is 1. The topological polar surface area (TPSA) is 43.8 Å². The SMILES string of the molecule is CC(C)(C)c1ccc(-c2cc(N)n(C(C)(C)C)n2)cc1. The molecule has 2 aromatic rings. The van der Waals surface area contributed by atoms with Gasteiger partial charge < -0.3 is 5.73 Å². The summed E-state index contributed by atoms with van der Waals surface area (Å²) >= 11 is 0. The first kappa shape index (κ1) is 14.6. The van der Waals surface area contributed by atoms with Gasteiger partial charge in [-0.25, -0.2) is 4.68 Å². The van der Waals surface area contributed by atoms with E-state index in [-0.39, 0.29) is 11.0 Å². The predicted molar refractivity (Wildman–Crippen MR) is 85.8 cm³/mol. The van der Waals surface area contributed by atoms with Crippen LogP contribution >= 0.6 is 0 Å². The lowest BCUT2D eigenvalue weighted by atomic mass is 9.86. The Hall–Kier alpha value is -1.77. The fourth-order valence-corrected chi connectivity index (χ4v) is 2.21. The second-order valence-corrected chi connectivity index (χ2v) is 7.36. The van der Waals surface area contributed by atoms with Gasteiger partial charge in [-0.1, -0.05) is 45.0 Å². The maximum Gasteiger partial charge on any atom is 0.122 e. The number of nitrogens with two attached hydrogens (primary N) is 1. The molecule has 2 N–H and O–H groups in total. The van der Waals surface area contributed by atoms with E-state index in [0.29, 0.717) is 5.82 Å². The van der Waals surface area contributed by atoms with E-state index < -0.39 is 0 Å². The van der Waals surface area contributed by atoms with Gasteiger partial charge in [-0.05, 0) is 31.7 Å². The molecule has 0 radical (unpaired) electrons. The number of nitrogens with zero attached hydrogens (tertiary/aromatic N) is 2. The minimum atomic E-state index is -0.103. The molecule has 3 nitrogen and oxygen atoms in total. The van der Waals surface area contributed by atoms with Crippen molar-refractivity contribution in [1.82, 2.24) is 9.78 Å². The number of aromatic nitrogens is 2. The standard InChI is InChI=1S/C17H25N3/c1-16(2,3)13-9-7-12(8-10-13)14-11-15(18)20(19-14)17(4,5)6/h7-11H,18H2,1-6H3. The Bertz CT molecular complexity index is 593. The van der Waals surface area contributed by atoms with Crippen molar-refractivity contribution in [2.24, 2.45) is 0 Å². The van der Waals surface area contributed by atoms with E-state index in [1.165, 1.54) is 5.56 Å². The molecule has 0 fully saturated rings. The first-order valence-electron chi connectivity index (χ1n) is 7.06. The molecule has 0 amide bonds. The van der Waals surface area contributed by atoms with Crippen LogP contribution in [0.15, 0.2) is 30.3 Å². The van der Waals surface area contributed by atoms with E-state index in [1.807, 2.05) is 10.7 Å². The highest BCUT2D eigenvalue weighted by Gasteiger charge is 2.19. The van der Waals surface area contributed by atoms with Gasteiger partial charge in [-0.3, -0.25) is 0 Å². The summed E-state index contributed by atoms with van der Waals surface area (Å²) in [7, 11) is 0. The van der Waals surface area contributed by atoms with Crippen LogP contribution in [0.5, 0.6) is 0 Å². The van der Waals surface area contributed by atoms with Crippen LogP contribution in [0.4, 0.5) is 5.82 Å². The molecule has 0 spiro atoms. The summed E-state index contributed by atoms with van der Waals surface area (Å²) in [5, 5.41) is 4.63. The lowest BCUT2D eigenvalue weighted by Gasteiger charge is -2.20. The van der Waals surface area contributed by atoms with Crippen molar-refractivity contribution < 1.29 is 0 Å². The van der Waals surface area contributed by atoms with E-state index >= 15 is 0 Å². The van der Waals surface area contributed by atoms with Gasteiger partial charge in [0.25, 0.3) is 0 Å². The first-order valence-corrected chi connectivity index (χ1v) is 7.06. The molecule has 1 aromatic heterocycles. The number of hydrogen-bond donors (Lipinski definition) is 1. The van der Waals surface area contributed by atoms with Crippen LogP contribution < -0.4 is 5.73 Å². The Morgan fingerprint density at radius 3 is 1.90 bits per heavy atom. The predicted octanol–water partition coefficient (Wildman–Crippen LogP) is 4.18. The van der Waals surface area contributed by atoms with Crippen LogP contribution in [0, 0.1) is 0 Å². The number of hydrogen-bond acceptors (Lipinski definition) is 2. The van der Waals surface area contributed by atoms with E-state index in [9.17, 15) is 0 Å². The van der Waals surface area contributed by atoms with Crippen molar-refractivity contribution in [1.29, 1.82) is 0 Å². The van der Waals surface area contributed by atoms with Gasteiger partial charge in [-0.15, -0.1) is 0 Å². The maximum atomic E-state index is 6.06. The van der Waals surface area contributed by atoms with Crippen molar-refractivity contribution in [2.75, 3.05) is 5.73 Å². The van der Waals surface area contributed by atoms with Gasteiger partial charge in [0.1, 0.15) is 5.82 Å². The van der Waals surface area contributed by atoms with Gasteiger partial charge in [0.2, 0.25) is 0 Å². The summed E-state index contributed by atoms with van der Waals surface area (Å²) in [5.74, 6) is 0.701. The second kappa shape index (κ2) is 4.65. The molecular formula is C17H25N3. The second-order valence-electron chi connectivity index (χ2n) is 7.36. The zero-order valence-electron chi connectivity index (χ0n) is 13.4. The third-order valence-electron chi connectivity index (χ3n) is 3.42. The molecule has 0 atom stereocenters. The van der Waals surface area contributed by atoms with Gasteiger partial charge in [0.15, 0.2) is 0 Å². The monoisotopic (exact) mass is 271 g/mol. The molecule has 0 unspecified atom stereocenters. The Labute approximate surface area is 121 Å². The fraction of sp³-hybridized carbons (Fsp3) is 0.471.